The summed E-state index contributed by atoms with van der Waals surface area (Å²) in [5.74, 6) is -0.944. The second-order valence-electron chi connectivity index (χ2n) is 13.2. The van der Waals surface area contributed by atoms with E-state index in [0.717, 1.165) is 70.6 Å². The van der Waals surface area contributed by atoms with Crippen molar-refractivity contribution in [3.8, 4) is 0 Å². The lowest BCUT2D eigenvalue weighted by Crippen LogP contribution is -2.29. The van der Waals surface area contributed by atoms with Crippen LogP contribution >= 0.6 is 7.82 Å². The molecule has 0 amide bonds. The molecule has 0 unspecified atom stereocenters. The van der Waals surface area contributed by atoms with Crippen molar-refractivity contribution in [3.63, 3.8) is 0 Å². The molecule has 0 aromatic heterocycles. The molecule has 0 aliphatic heterocycles. The van der Waals surface area contributed by atoms with E-state index in [9.17, 15) is 14.2 Å². The van der Waals surface area contributed by atoms with Crippen molar-refractivity contribution in [3.05, 3.63) is 72.9 Å². The smallest absolute Gasteiger partial charge is 0.462 e. The highest BCUT2D eigenvalue weighted by Crippen LogP contribution is 2.36. The molecule has 298 valence electrons. The van der Waals surface area contributed by atoms with Crippen LogP contribution in [0.3, 0.4) is 0 Å². The Hall–Kier alpha value is -2.51. The Morgan fingerprint density at radius 3 is 1.42 bits per heavy atom. The van der Waals surface area contributed by atoms with Crippen LogP contribution in [0.25, 0.3) is 0 Å². The van der Waals surface area contributed by atoms with Crippen molar-refractivity contribution in [1.82, 2.24) is 0 Å². The Morgan fingerprint density at radius 2 is 0.923 bits per heavy atom. The summed E-state index contributed by atoms with van der Waals surface area (Å²) < 4.78 is 26.3. The lowest BCUT2D eigenvalue weighted by Gasteiger charge is -2.18. The molecule has 0 aromatic carbocycles. The summed E-state index contributed by atoms with van der Waals surface area (Å²) in [4.78, 5) is 42.8. The minimum Gasteiger partial charge on any atom is -0.462 e. The summed E-state index contributed by atoms with van der Waals surface area (Å²) in [7, 11) is -4.77. The molecule has 0 aliphatic rings. The standard InChI is InChI=1S/C43H73O8P/c1-3-5-7-9-11-13-15-17-19-20-21-22-24-26-28-30-32-34-36-38-43(45)51-41(40-50-52(46,47)48)39-49-42(44)37-35-33-31-29-27-25-23-18-16-14-12-10-8-6-4-2/h6,8,11-14,17-19,23,27,29,41H,3-5,7,9-10,15-16,20-22,24-26,28,30-40H2,1-2H3,(H2,46,47,48)/b8-6-,13-11-,14-12-,19-17-,23-18-,29-27-/t41-/m1/s1. The van der Waals surface area contributed by atoms with Crippen LogP contribution in [0.1, 0.15) is 168 Å². The molecular weight excluding hydrogens is 675 g/mol. The van der Waals surface area contributed by atoms with Gasteiger partial charge >= 0.3 is 19.8 Å². The van der Waals surface area contributed by atoms with Crippen molar-refractivity contribution in [2.24, 2.45) is 0 Å². The molecule has 0 aromatic rings. The zero-order chi connectivity index (χ0) is 38.2. The second-order valence-corrected chi connectivity index (χ2v) is 14.5. The molecule has 0 fully saturated rings. The number of esters is 2. The third-order valence-corrected chi connectivity index (χ3v) is 8.69. The monoisotopic (exact) mass is 749 g/mol. The van der Waals surface area contributed by atoms with Gasteiger partial charge in [0.2, 0.25) is 0 Å². The van der Waals surface area contributed by atoms with Gasteiger partial charge in [0, 0.05) is 12.8 Å². The summed E-state index contributed by atoms with van der Waals surface area (Å²) in [6.45, 7) is 3.50. The summed E-state index contributed by atoms with van der Waals surface area (Å²) >= 11 is 0. The number of allylic oxidation sites excluding steroid dienone is 12. The average Bonchev–Trinajstić information content (AvgIpc) is 3.11. The molecule has 0 saturated heterocycles. The number of phosphoric acid groups is 1. The fraction of sp³-hybridized carbons (Fsp3) is 0.674. The zero-order valence-electron chi connectivity index (χ0n) is 32.7. The van der Waals surface area contributed by atoms with E-state index in [1.165, 1.54) is 57.8 Å². The fourth-order valence-electron chi connectivity index (χ4n) is 5.22. The number of hydrogen-bond donors (Lipinski definition) is 2. The number of hydrogen-bond acceptors (Lipinski definition) is 6. The first-order valence-corrected chi connectivity index (χ1v) is 21.8. The van der Waals surface area contributed by atoms with Gasteiger partial charge in [-0.1, -0.05) is 145 Å². The minimum atomic E-state index is -4.77. The molecule has 9 heteroatoms. The third kappa shape index (κ3) is 40.3. The second kappa shape index (κ2) is 38.2. The summed E-state index contributed by atoms with van der Waals surface area (Å²) in [5.41, 5.74) is 0. The molecule has 0 saturated carbocycles. The van der Waals surface area contributed by atoms with E-state index in [4.69, 9.17) is 19.3 Å². The molecule has 0 heterocycles. The van der Waals surface area contributed by atoms with Gasteiger partial charge in [0.1, 0.15) is 6.61 Å². The number of ether oxygens (including phenoxy) is 2. The SMILES string of the molecule is CC/C=C\C/C=C\C/C=C\C/C=C\CCCCC(=O)OC[C@H](COP(=O)(O)O)OC(=O)CCCCCCCCCCC/C=C\C/C=C\CCCCC. The van der Waals surface area contributed by atoms with E-state index in [2.05, 4.69) is 91.3 Å². The molecule has 8 nitrogen and oxygen atoms in total. The molecule has 52 heavy (non-hydrogen) atoms. The first-order valence-electron chi connectivity index (χ1n) is 20.2. The Balaban J connectivity index is 4.01. The van der Waals surface area contributed by atoms with Crippen molar-refractivity contribution in [1.29, 1.82) is 0 Å². The third-order valence-electron chi connectivity index (χ3n) is 8.21. The predicted octanol–water partition coefficient (Wildman–Crippen LogP) is 12.3. The van der Waals surface area contributed by atoms with Crippen LogP contribution in [0.5, 0.6) is 0 Å². The van der Waals surface area contributed by atoms with Crippen LogP contribution in [-0.4, -0.2) is 41.0 Å². The number of phosphoric ester groups is 1. The molecular formula is C43H73O8P. The van der Waals surface area contributed by atoms with Gasteiger partial charge in [-0.15, -0.1) is 0 Å². The molecule has 1 atom stereocenters. The van der Waals surface area contributed by atoms with Crippen LogP contribution in [0.4, 0.5) is 0 Å². The lowest BCUT2D eigenvalue weighted by atomic mass is 10.1. The van der Waals surface area contributed by atoms with Crippen molar-refractivity contribution < 1.29 is 37.9 Å². The van der Waals surface area contributed by atoms with Crippen LogP contribution in [0.2, 0.25) is 0 Å². The molecule has 0 bridgehead atoms. The van der Waals surface area contributed by atoms with E-state index < -0.39 is 32.5 Å². The Morgan fingerprint density at radius 1 is 0.519 bits per heavy atom. The molecule has 2 N–H and O–H groups in total. The van der Waals surface area contributed by atoms with Gasteiger partial charge in [0.15, 0.2) is 6.10 Å². The number of carbonyl (C=O) groups excluding carboxylic acids is 2. The van der Waals surface area contributed by atoms with Crippen molar-refractivity contribution in [2.45, 2.75) is 174 Å². The summed E-state index contributed by atoms with van der Waals surface area (Å²) in [6, 6.07) is 0. The van der Waals surface area contributed by atoms with Crippen LogP contribution in [0, 0.1) is 0 Å². The summed E-state index contributed by atoms with van der Waals surface area (Å²) in [6.07, 6.45) is 49.1. The fourth-order valence-corrected chi connectivity index (χ4v) is 5.58. The highest BCUT2D eigenvalue weighted by atomic mass is 31.2. The first kappa shape index (κ1) is 49.5. The molecule has 0 rings (SSSR count). The number of carbonyl (C=O) groups is 2. The van der Waals surface area contributed by atoms with Crippen molar-refractivity contribution >= 4 is 19.8 Å². The molecule has 0 spiro atoms. The largest absolute Gasteiger partial charge is 0.469 e. The Bertz CT molecular complexity index is 1070. The van der Waals surface area contributed by atoms with Gasteiger partial charge in [0.05, 0.1) is 6.61 Å². The average molecular weight is 749 g/mol. The Labute approximate surface area is 317 Å². The Kier molecular flexibility index (Phi) is 36.4. The van der Waals surface area contributed by atoms with Gasteiger partial charge in [0.25, 0.3) is 0 Å². The van der Waals surface area contributed by atoms with Crippen LogP contribution in [0.15, 0.2) is 72.9 Å². The highest BCUT2D eigenvalue weighted by Gasteiger charge is 2.22. The maximum absolute atomic E-state index is 12.4. The lowest BCUT2D eigenvalue weighted by molar-refractivity contribution is -0.161. The zero-order valence-corrected chi connectivity index (χ0v) is 33.6. The van der Waals surface area contributed by atoms with E-state index in [1.807, 2.05) is 0 Å². The van der Waals surface area contributed by atoms with Gasteiger partial charge in [-0.25, -0.2) is 4.57 Å². The van der Waals surface area contributed by atoms with Gasteiger partial charge < -0.3 is 19.3 Å². The molecule has 0 radical (unpaired) electrons. The van der Waals surface area contributed by atoms with Crippen LogP contribution in [-0.2, 0) is 28.2 Å². The van der Waals surface area contributed by atoms with E-state index in [0.29, 0.717) is 12.8 Å². The quantitative estimate of drug-likeness (QED) is 0.0281. The van der Waals surface area contributed by atoms with Crippen LogP contribution < -0.4 is 0 Å². The maximum atomic E-state index is 12.4. The highest BCUT2D eigenvalue weighted by molar-refractivity contribution is 7.46. The normalized spacial score (nSPS) is 13.2. The maximum Gasteiger partial charge on any atom is 0.469 e. The molecule has 0 aliphatic carbocycles. The van der Waals surface area contributed by atoms with E-state index in [1.54, 1.807) is 0 Å². The number of unbranched alkanes of at least 4 members (excludes halogenated alkanes) is 14. The first-order chi connectivity index (χ1) is 25.3. The topological polar surface area (TPSA) is 119 Å². The minimum absolute atomic E-state index is 0.194. The van der Waals surface area contributed by atoms with Crippen molar-refractivity contribution in [2.75, 3.05) is 13.2 Å². The van der Waals surface area contributed by atoms with Gasteiger partial charge in [-0.2, -0.15) is 0 Å². The van der Waals surface area contributed by atoms with Gasteiger partial charge in [-0.05, 0) is 83.5 Å². The summed E-state index contributed by atoms with van der Waals surface area (Å²) in [5, 5.41) is 0. The van der Waals surface area contributed by atoms with E-state index in [-0.39, 0.29) is 19.4 Å². The number of rotatable bonds is 36. The van der Waals surface area contributed by atoms with Gasteiger partial charge in [-0.3, -0.25) is 14.1 Å². The van der Waals surface area contributed by atoms with E-state index >= 15 is 0 Å². The predicted molar refractivity (Wildman–Crippen MR) is 216 cm³/mol.